The Morgan fingerprint density at radius 1 is 1.33 bits per heavy atom. The predicted molar refractivity (Wildman–Crippen MR) is 81.5 cm³/mol. The Morgan fingerprint density at radius 3 is 2.78 bits per heavy atom. The molecule has 1 aromatic heterocycles. The highest BCUT2D eigenvalue weighted by molar-refractivity contribution is 14.1. The van der Waals surface area contributed by atoms with E-state index < -0.39 is 0 Å². The van der Waals surface area contributed by atoms with Crippen LogP contribution in [-0.4, -0.2) is 6.04 Å². The van der Waals surface area contributed by atoms with E-state index in [0.717, 1.165) is 18.0 Å². The van der Waals surface area contributed by atoms with Crippen LogP contribution in [0.4, 0.5) is 11.4 Å². The van der Waals surface area contributed by atoms with Crippen LogP contribution < -0.4 is 10.6 Å². The van der Waals surface area contributed by atoms with Gasteiger partial charge in [0.2, 0.25) is 0 Å². The van der Waals surface area contributed by atoms with Crippen molar-refractivity contribution >= 4 is 34.0 Å². The largest absolute Gasteiger partial charge is 0.467 e. The molecule has 0 unspecified atom stereocenters. The zero-order chi connectivity index (χ0) is 12.5. The number of benzene rings is 1. The molecule has 1 heterocycles. The van der Waals surface area contributed by atoms with E-state index >= 15 is 0 Å². The van der Waals surface area contributed by atoms with Crippen LogP contribution in [0.25, 0.3) is 0 Å². The second-order valence-electron chi connectivity index (χ2n) is 4.65. The van der Waals surface area contributed by atoms with Crippen molar-refractivity contribution in [3.63, 3.8) is 0 Å². The Hall–Kier alpha value is -1.17. The van der Waals surface area contributed by atoms with Gasteiger partial charge in [-0.2, -0.15) is 0 Å². The Morgan fingerprint density at radius 2 is 2.17 bits per heavy atom. The lowest BCUT2D eigenvalue weighted by atomic mass is 10.2. The van der Waals surface area contributed by atoms with E-state index in [1.165, 1.54) is 22.1 Å². The molecule has 3 nitrogen and oxygen atoms in total. The van der Waals surface area contributed by atoms with Gasteiger partial charge in [0.15, 0.2) is 0 Å². The molecular weight excluding hydrogens is 339 g/mol. The van der Waals surface area contributed by atoms with Gasteiger partial charge in [-0.3, -0.25) is 0 Å². The van der Waals surface area contributed by atoms with E-state index in [9.17, 15) is 0 Å². The molecule has 0 atom stereocenters. The summed E-state index contributed by atoms with van der Waals surface area (Å²) in [5.74, 6) is 1.01. The SMILES string of the molecule is Nc1ccc(N(Cc2ccco2)C2CC2)c(I)c1. The molecule has 0 bridgehead atoms. The summed E-state index contributed by atoms with van der Waals surface area (Å²) in [6, 6.07) is 10.7. The monoisotopic (exact) mass is 354 g/mol. The van der Waals surface area contributed by atoms with Gasteiger partial charge >= 0.3 is 0 Å². The summed E-state index contributed by atoms with van der Waals surface area (Å²) >= 11 is 2.35. The number of anilines is 2. The maximum Gasteiger partial charge on any atom is 0.123 e. The summed E-state index contributed by atoms with van der Waals surface area (Å²) in [5, 5.41) is 0. The Bertz CT molecular complexity index is 535. The Kier molecular flexibility index (Phi) is 3.20. The van der Waals surface area contributed by atoms with Crippen molar-refractivity contribution in [1.82, 2.24) is 0 Å². The van der Waals surface area contributed by atoms with Crippen LogP contribution >= 0.6 is 22.6 Å². The van der Waals surface area contributed by atoms with E-state index in [2.05, 4.69) is 33.6 Å². The van der Waals surface area contributed by atoms with Crippen molar-refractivity contribution in [3.8, 4) is 0 Å². The summed E-state index contributed by atoms with van der Waals surface area (Å²) in [6.07, 6.45) is 4.26. The third kappa shape index (κ3) is 2.48. The van der Waals surface area contributed by atoms with Gasteiger partial charge in [-0.25, -0.2) is 0 Å². The summed E-state index contributed by atoms with van der Waals surface area (Å²) in [5.41, 5.74) is 7.88. The molecule has 1 aliphatic rings. The first kappa shape index (κ1) is 11.9. The molecule has 0 saturated heterocycles. The third-order valence-corrected chi connectivity index (χ3v) is 4.04. The van der Waals surface area contributed by atoms with Crippen molar-refractivity contribution in [3.05, 3.63) is 45.9 Å². The van der Waals surface area contributed by atoms with Crippen LogP contribution in [0.2, 0.25) is 0 Å². The molecule has 0 amide bonds. The molecule has 4 heteroatoms. The third-order valence-electron chi connectivity index (χ3n) is 3.18. The minimum atomic E-state index is 0.646. The molecule has 0 aliphatic heterocycles. The summed E-state index contributed by atoms with van der Waals surface area (Å²) < 4.78 is 6.66. The lowest BCUT2D eigenvalue weighted by molar-refractivity contribution is 0.501. The molecule has 1 aliphatic carbocycles. The molecule has 1 aromatic carbocycles. The first-order valence-corrected chi connectivity index (χ1v) is 7.16. The highest BCUT2D eigenvalue weighted by atomic mass is 127. The minimum Gasteiger partial charge on any atom is -0.467 e. The van der Waals surface area contributed by atoms with Crippen LogP contribution in [0.1, 0.15) is 18.6 Å². The van der Waals surface area contributed by atoms with Crippen molar-refractivity contribution < 1.29 is 4.42 Å². The fourth-order valence-corrected chi connectivity index (χ4v) is 2.97. The highest BCUT2D eigenvalue weighted by Crippen LogP contribution is 2.36. The van der Waals surface area contributed by atoms with E-state index in [1.807, 2.05) is 24.3 Å². The lowest BCUT2D eigenvalue weighted by Crippen LogP contribution is -2.25. The number of hydrogen-bond donors (Lipinski definition) is 1. The first-order valence-electron chi connectivity index (χ1n) is 6.08. The molecule has 1 saturated carbocycles. The topological polar surface area (TPSA) is 42.4 Å². The molecule has 0 spiro atoms. The van der Waals surface area contributed by atoms with Crippen molar-refractivity contribution in [1.29, 1.82) is 0 Å². The molecule has 0 radical (unpaired) electrons. The molecule has 2 N–H and O–H groups in total. The van der Waals surface area contributed by atoms with E-state index in [1.54, 1.807) is 6.26 Å². The number of hydrogen-bond acceptors (Lipinski definition) is 3. The van der Waals surface area contributed by atoms with E-state index in [-0.39, 0.29) is 0 Å². The van der Waals surface area contributed by atoms with Crippen LogP contribution in [-0.2, 0) is 6.54 Å². The van der Waals surface area contributed by atoms with Crippen LogP contribution in [0.5, 0.6) is 0 Å². The van der Waals surface area contributed by atoms with Crippen LogP contribution in [0, 0.1) is 3.57 Å². The fraction of sp³-hybridized carbons (Fsp3) is 0.286. The Labute approximate surface area is 120 Å². The highest BCUT2D eigenvalue weighted by Gasteiger charge is 2.30. The summed E-state index contributed by atoms with van der Waals surface area (Å²) in [7, 11) is 0. The summed E-state index contributed by atoms with van der Waals surface area (Å²) in [4.78, 5) is 2.42. The van der Waals surface area contributed by atoms with Crippen molar-refractivity contribution in [2.75, 3.05) is 10.6 Å². The number of nitrogens with two attached hydrogens (primary N) is 1. The average molecular weight is 354 g/mol. The van der Waals surface area contributed by atoms with Gasteiger partial charge in [0.25, 0.3) is 0 Å². The molecule has 2 aromatic rings. The smallest absolute Gasteiger partial charge is 0.123 e. The fourth-order valence-electron chi connectivity index (χ4n) is 2.12. The number of nitrogens with zero attached hydrogens (tertiary/aromatic N) is 1. The van der Waals surface area contributed by atoms with Gasteiger partial charge < -0.3 is 15.1 Å². The second-order valence-corrected chi connectivity index (χ2v) is 5.81. The molecule has 1 fully saturated rings. The van der Waals surface area contributed by atoms with Gasteiger partial charge in [0.1, 0.15) is 5.76 Å². The second kappa shape index (κ2) is 4.84. The van der Waals surface area contributed by atoms with Gasteiger partial charge in [-0.15, -0.1) is 0 Å². The maximum atomic E-state index is 5.81. The number of rotatable bonds is 4. The van der Waals surface area contributed by atoms with E-state index in [4.69, 9.17) is 10.2 Å². The van der Waals surface area contributed by atoms with Gasteiger partial charge in [0, 0.05) is 15.3 Å². The minimum absolute atomic E-state index is 0.646. The van der Waals surface area contributed by atoms with E-state index in [0.29, 0.717) is 6.04 Å². The van der Waals surface area contributed by atoms with Gasteiger partial charge in [-0.05, 0) is 65.8 Å². The predicted octanol–water partition coefficient (Wildman–Crippen LogP) is 3.64. The first-order chi connectivity index (χ1) is 8.74. The lowest BCUT2D eigenvalue weighted by Gasteiger charge is -2.25. The zero-order valence-corrected chi connectivity index (χ0v) is 12.1. The van der Waals surface area contributed by atoms with Gasteiger partial charge in [0.05, 0.1) is 18.5 Å². The number of halogens is 1. The quantitative estimate of drug-likeness (QED) is 0.674. The molecular formula is C14H15IN2O. The molecule has 18 heavy (non-hydrogen) atoms. The standard InChI is InChI=1S/C14H15IN2O/c15-13-8-10(16)3-6-14(13)17(11-4-5-11)9-12-2-1-7-18-12/h1-3,6-8,11H,4-5,9,16H2. The molecule has 94 valence electrons. The van der Waals surface area contributed by atoms with Crippen LogP contribution in [0.15, 0.2) is 41.0 Å². The van der Waals surface area contributed by atoms with Gasteiger partial charge in [-0.1, -0.05) is 0 Å². The summed E-state index contributed by atoms with van der Waals surface area (Å²) in [6.45, 7) is 0.831. The average Bonchev–Trinajstić information content (AvgIpc) is 3.05. The Balaban J connectivity index is 1.89. The van der Waals surface area contributed by atoms with Crippen molar-refractivity contribution in [2.24, 2.45) is 0 Å². The van der Waals surface area contributed by atoms with Crippen LogP contribution in [0.3, 0.4) is 0 Å². The number of furan rings is 1. The molecule has 3 rings (SSSR count). The zero-order valence-electron chi connectivity index (χ0n) is 9.97. The normalized spacial score (nSPS) is 14.7. The van der Waals surface area contributed by atoms with Crippen molar-refractivity contribution in [2.45, 2.75) is 25.4 Å². The maximum absolute atomic E-state index is 5.81. The number of nitrogen functional groups attached to an aromatic ring is 1.